The van der Waals surface area contributed by atoms with Crippen molar-refractivity contribution in [3.63, 3.8) is 0 Å². The molecular formula is C12H12AlClN2O. The van der Waals surface area contributed by atoms with E-state index in [1.54, 1.807) is 24.4 Å². The summed E-state index contributed by atoms with van der Waals surface area (Å²) in [5, 5.41) is 3.28. The molecule has 0 aliphatic heterocycles. The smallest absolute Gasteiger partial charge is 0.281 e. The summed E-state index contributed by atoms with van der Waals surface area (Å²) in [5.74, 6) is 0. The third-order valence-corrected chi connectivity index (χ3v) is 2.53. The highest BCUT2D eigenvalue weighted by Crippen LogP contribution is 2.27. The van der Waals surface area contributed by atoms with E-state index in [2.05, 4.69) is 26.6 Å². The van der Waals surface area contributed by atoms with Crippen LogP contribution in [0.2, 0.25) is 5.02 Å². The molecule has 0 heterocycles. The summed E-state index contributed by atoms with van der Waals surface area (Å²) in [7, 11) is 0. The zero-order chi connectivity index (χ0) is 12.8. The number of nitrogens with one attached hydrogen (secondary N) is 1. The zero-order valence-corrected chi connectivity index (χ0v) is 11.6. The van der Waals surface area contributed by atoms with Crippen molar-refractivity contribution in [2.45, 2.75) is 13.8 Å². The molecular weight excluding hydrogens is 251 g/mol. The predicted octanol–water partition coefficient (Wildman–Crippen LogP) is 3.49. The van der Waals surface area contributed by atoms with E-state index in [1.807, 2.05) is 19.9 Å². The number of nitrogens with zero attached hydrogens (tertiary/aromatic N) is 1. The number of rotatable bonds is 3. The minimum Gasteiger partial charge on any atom is -0.345 e. The maximum absolute atomic E-state index is 10.9. The Hall–Kier alpha value is -1.08. The second-order valence-electron chi connectivity index (χ2n) is 3.25. The van der Waals surface area contributed by atoms with Crippen molar-refractivity contribution in [3.8, 4) is 0 Å². The number of carbonyl (C=O) groups is 1. The fraction of sp³-hybridized carbons (Fsp3) is 0.167. The van der Waals surface area contributed by atoms with E-state index < -0.39 is 0 Å². The Morgan fingerprint density at radius 3 is 2.71 bits per heavy atom. The molecule has 0 saturated heterocycles. The van der Waals surface area contributed by atoms with E-state index in [1.165, 1.54) is 0 Å². The van der Waals surface area contributed by atoms with Crippen molar-refractivity contribution < 1.29 is 4.79 Å². The highest BCUT2D eigenvalue weighted by atomic mass is 35.5. The summed E-state index contributed by atoms with van der Waals surface area (Å²) in [6.45, 7) is 3.73. The molecule has 0 aromatic heterocycles. The summed E-state index contributed by atoms with van der Waals surface area (Å²) in [5.41, 5.74) is 2.26. The van der Waals surface area contributed by atoms with Crippen LogP contribution in [-0.2, 0) is 0 Å². The van der Waals surface area contributed by atoms with Gasteiger partial charge >= 0.3 is 0 Å². The molecule has 3 nitrogen and oxygen atoms in total. The molecule has 1 aromatic rings. The molecule has 1 rings (SSSR count). The van der Waals surface area contributed by atoms with E-state index in [4.69, 9.17) is 11.6 Å². The first-order valence-corrected chi connectivity index (χ1v) is 6.05. The highest BCUT2D eigenvalue weighted by molar-refractivity contribution is 6.60. The van der Waals surface area contributed by atoms with Crippen LogP contribution < -0.4 is 5.32 Å². The molecule has 0 unspecified atom stereocenters. The Morgan fingerprint density at radius 1 is 1.47 bits per heavy atom. The topological polar surface area (TPSA) is 41.5 Å². The fourth-order valence-electron chi connectivity index (χ4n) is 1.38. The van der Waals surface area contributed by atoms with Gasteiger partial charge in [0, 0.05) is 17.5 Å². The number of allylic oxidation sites excluding steroid dienone is 1. The molecule has 86 valence electrons. The summed E-state index contributed by atoms with van der Waals surface area (Å²) in [6, 6.07) is 5.28. The van der Waals surface area contributed by atoms with Gasteiger partial charge in [-0.3, -0.25) is 4.99 Å². The lowest BCUT2D eigenvalue weighted by Gasteiger charge is -2.08. The van der Waals surface area contributed by atoms with Crippen molar-refractivity contribution in [1.29, 1.82) is 0 Å². The maximum Gasteiger partial charge on any atom is 0.281 e. The first-order chi connectivity index (χ1) is 8.08. The van der Waals surface area contributed by atoms with E-state index in [0.717, 1.165) is 11.3 Å². The normalized spacial score (nSPS) is 11.8. The Bertz CT molecular complexity index is 483. The van der Waals surface area contributed by atoms with Crippen LogP contribution in [0.15, 0.2) is 29.3 Å². The average Bonchev–Trinajstić information content (AvgIpc) is 2.28. The lowest BCUT2D eigenvalue weighted by molar-refractivity contribution is 0.269. The quantitative estimate of drug-likeness (QED) is 0.657. The second-order valence-corrected chi connectivity index (χ2v) is 4.18. The van der Waals surface area contributed by atoms with Gasteiger partial charge in [0.25, 0.3) is 16.3 Å². The van der Waals surface area contributed by atoms with Gasteiger partial charge in [0.2, 0.25) is 0 Å². The first-order valence-electron chi connectivity index (χ1n) is 5.09. The zero-order valence-electron chi connectivity index (χ0n) is 9.70. The summed E-state index contributed by atoms with van der Waals surface area (Å²) in [6.07, 6.45) is 3.57. The number of halogens is 1. The van der Waals surface area contributed by atoms with Gasteiger partial charge in [0.05, 0.1) is 10.7 Å². The van der Waals surface area contributed by atoms with Gasteiger partial charge in [-0.1, -0.05) is 17.7 Å². The van der Waals surface area contributed by atoms with Crippen molar-refractivity contribution in [1.82, 2.24) is 0 Å². The third-order valence-electron chi connectivity index (χ3n) is 2.05. The number of carbonyl (C=O) groups excluding carboxylic acids is 1. The third kappa shape index (κ3) is 4.01. The number of benzene rings is 1. The van der Waals surface area contributed by atoms with Crippen LogP contribution in [0.4, 0.5) is 10.5 Å². The number of amides is 1. The van der Waals surface area contributed by atoms with Crippen LogP contribution in [0.1, 0.15) is 19.4 Å². The average molecular weight is 263 g/mol. The lowest BCUT2D eigenvalue weighted by Crippen LogP contribution is -2.08. The van der Waals surface area contributed by atoms with Crippen LogP contribution in [-0.4, -0.2) is 27.3 Å². The van der Waals surface area contributed by atoms with Gasteiger partial charge in [-0.25, -0.2) is 0 Å². The first kappa shape index (κ1) is 14.0. The molecule has 0 aliphatic rings. The molecule has 1 amide bonds. The maximum atomic E-state index is 10.9. The van der Waals surface area contributed by atoms with Crippen molar-refractivity contribution >= 4 is 50.3 Å². The van der Waals surface area contributed by atoms with Gasteiger partial charge in [-0.15, -0.1) is 0 Å². The minimum absolute atomic E-state index is 0.195. The molecule has 1 N–H and O–H groups in total. The Kier molecular flexibility index (Phi) is 5.44. The number of hydrogen-bond donors (Lipinski definition) is 1. The van der Waals surface area contributed by atoms with Crippen LogP contribution in [0.25, 0.3) is 5.70 Å². The fourth-order valence-corrected chi connectivity index (χ4v) is 1.76. The predicted molar refractivity (Wildman–Crippen MR) is 74.0 cm³/mol. The Balaban J connectivity index is 3.18. The molecule has 1 aromatic carbocycles. The molecule has 0 fully saturated rings. The standard InChI is InChI=1S/C12H12ClN2O.Al/c1-3-12(14-4-2)10-7-9(15-8-16)5-6-11(10)13;/h3-7H,1-2H3,(H,15,16);/b12-3-,14-4?;. The summed E-state index contributed by atoms with van der Waals surface area (Å²) < 4.78 is -0.195. The largest absolute Gasteiger partial charge is 0.345 e. The van der Waals surface area contributed by atoms with E-state index in [9.17, 15) is 4.79 Å². The molecule has 5 heteroatoms. The molecule has 0 saturated carbocycles. The van der Waals surface area contributed by atoms with Gasteiger partial charge in [-0.05, 0) is 32.0 Å². The SMILES string of the molecule is CC=N/C(=C\C)c1cc(N[C](=O)[Al])ccc1Cl. The number of hydrogen-bond acceptors (Lipinski definition) is 2. The van der Waals surface area contributed by atoms with Crippen molar-refractivity contribution in [3.05, 3.63) is 34.9 Å². The van der Waals surface area contributed by atoms with Gasteiger partial charge in [0.15, 0.2) is 0 Å². The molecule has 0 aliphatic carbocycles. The van der Waals surface area contributed by atoms with Crippen LogP contribution in [0.5, 0.6) is 0 Å². The second kappa shape index (κ2) is 6.61. The number of anilines is 1. The molecule has 0 spiro atoms. The Morgan fingerprint density at radius 2 is 2.18 bits per heavy atom. The van der Waals surface area contributed by atoms with Gasteiger partial charge in [-0.2, -0.15) is 0 Å². The monoisotopic (exact) mass is 262 g/mol. The summed E-state index contributed by atoms with van der Waals surface area (Å²) in [4.78, 5) is 15.2. The summed E-state index contributed by atoms with van der Waals surface area (Å²) >= 11 is 8.17. The molecule has 0 bridgehead atoms. The van der Waals surface area contributed by atoms with Gasteiger partial charge < -0.3 is 10.1 Å². The molecule has 17 heavy (non-hydrogen) atoms. The van der Waals surface area contributed by atoms with E-state index in [-0.39, 0.29) is 4.77 Å². The van der Waals surface area contributed by atoms with Crippen molar-refractivity contribution in [2.75, 3.05) is 5.32 Å². The molecule has 2 radical (unpaired) electrons. The van der Waals surface area contributed by atoms with Crippen molar-refractivity contribution in [2.24, 2.45) is 4.99 Å². The van der Waals surface area contributed by atoms with E-state index in [0.29, 0.717) is 10.7 Å². The molecule has 0 atom stereocenters. The van der Waals surface area contributed by atoms with Gasteiger partial charge in [0.1, 0.15) is 4.77 Å². The van der Waals surface area contributed by atoms with Crippen LogP contribution >= 0.6 is 11.6 Å². The highest BCUT2D eigenvalue weighted by Gasteiger charge is 2.06. The van der Waals surface area contributed by atoms with E-state index >= 15 is 0 Å². The van der Waals surface area contributed by atoms with Crippen LogP contribution in [0, 0.1) is 0 Å². The van der Waals surface area contributed by atoms with Crippen LogP contribution in [0.3, 0.4) is 0 Å². The lowest BCUT2D eigenvalue weighted by atomic mass is 10.1. The minimum atomic E-state index is -0.195. The Labute approximate surface area is 114 Å². The number of aliphatic imine (C=N–C) groups is 1.